The molecule has 0 aromatic carbocycles. The summed E-state index contributed by atoms with van der Waals surface area (Å²) in [5, 5.41) is 6.74. The Balaban J connectivity index is 1.68. The molecule has 2 aliphatic rings. The number of aromatic nitrogens is 1. The van der Waals surface area contributed by atoms with Gasteiger partial charge in [-0.15, -0.1) is 11.3 Å². The van der Waals surface area contributed by atoms with Crippen molar-refractivity contribution in [3.05, 3.63) is 16.1 Å². The monoisotopic (exact) mass is 267 g/mol. The quantitative estimate of drug-likeness (QED) is 0.883. The number of likely N-dealkylation sites (N-methyl/N-ethyl adjacent to an activating group) is 1. The van der Waals surface area contributed by atoms with Crippen molar-refractivity contribution in [2.24, 2.45) is 0 Å². The molecule has 100 valence electrons. The van der Waals surface area contributed by atoms with Crippen LogP contribution in [0.1, 0.15) is 35.6 Å². The highest BCUT2D eigenvalue weighted by Gasteiger charge is 2.24. The maximum absolute atomic E-state index is 5.76. The third-order valence-electron chi connectivity index (χ3n) is 3.79. The fourth-order valence-corrected chi connectivity index (χ4v) is 3.72. The molecular formula is C13H21N3OS. The minimum atomic E-state index is 0.166. The SMILES string of the molecule is CN1CCCC(c2csc(C3CNCCO3)n2)C1. The predicted molar refractivity (Wildman–Crippen MR) is 73.1 cm³/mol. The summed E-state index contributed by atoms with van der Waals surface area (Å²) < 4.78 is 5.76. The van der Waals surface area contributed by atoms with Gasteiger partial charge in [-0.3, -0.25) is 0 Å². The van der Waals surface area contributed by atoms with E-state index in [-0.39, 0.29) is 6.10 Å². The summed E-state index contributed by atoms with van der Waals surface area (Å²) in [5.74, 6) is 0.616. The molecule has 5 heteroatoms. The van der Waals surface area contributed by atoms with Gasteiger partial charge in [-0.1, -0.05) is 0 Å². The summed E-state index contributed by atoms with van der Waals surface area (Å²) in [6.07, 6.45) is 2.73. The van der Waals surface area contributed by atoms with E-state index in [1.807, 2.05) is 0 Å². The molecule has 3 heterocycles. The highest BCUT2D eigenvalue weighted by atomic mass is 32.1. The molecule has 0 aliphatic carbocycles. The summed E-state index contributed by atoms with van der Waals surface area (Å²) in [7, 11) is 2.20. The zero-order valence-corrected chi connectivity index (χ0v) is 11.7. The lowest BCUT2D eigenvalue weighted by atomic mass is 9.96. The second kappa shape index (κ2) is 5.65. The van der Waals surface area contributed by atoms with E-state index >= 15 is 0 Å². The van der Waals surface area contributed by atoms with E-state index in [2.05, 4.69) is 22.6 Å². The van der Waals surface area contributed by atoms with Gasteiger partial charge in [-0.25, -0.2) is 4.98 Å². The standard InChI is InChI=1S/C13H21N3OS/c1-16-5-2-3-10(8-16)11-9-18-13(15-11)12-7-14-4-6-17-12/h9-10,12,14H,2-8H2,1H3. The van der Waals surface area contributed by atoms with Crippen LogP contribution in [0.3, 0.4) is 0 Å². The fraction of sp³-hybridized carbons (Fsp3) is 0.769. The Morgan fingerprint density at radius 3 is 3.28 bits per heavy atom. The molecule has 2 fully saturated rings. The Kier molecular flexibility index (Phi) is 3.94. The Morgan fingerprint density at radius 1 is 1.56 bits per heavy atom. The van der Waals surface area contributed by atoms with Crippen molar-refractivity contribution >= 4 is 11.3 Å². The van der Waals surface area contributed by atoms with Crippen LogP contribution in [0.4, 0.5) is 0 Å². The smallest absolute Gasteiger partial charge is 0.123 e. The molecule has 1 aromatic rings. The zero-order valence-electron chi connectivity index (χ0n) is 10.9. The highest BCUT2D eigenvalue weighted by molar-refractivity contribution is 7.09. The molecule has 3 rings (SSSR count). The Hall–Kier alpha value is -0.490. The van der Waals surface area contributed by atoms with Crippen molar-refractivity contribution in [3.8, 4) is 0 Å². The first-order valence-electron chi connectivity index (χ1n) is 6.79. The van der Waals surface area contributed by atoms with Gasteiger partial charge >= 0.3 is 0 Å². The van der Waals surface area contributed by atoms with Crippen LogP contribution in [-0.2, 0) is 4.74 Å². The lowest BCUT2D eigenvalue weighted by Crippen LogP contribution is -2.33. The van der Waals surface area contributed by atoms with Crippen LogP contribution >= 0.6 is 11.3 Å². The molecule has 2 atom stereocenters. The average molecular weight is 267 g/mol. The molecule has 2 unspecified atom stereocenters. The van der Waals surface area contributed by atoms with Crippen LogP contribution in [0, 0.1) is 0 Å². The van der Waals surface area contributed by atoms with Crippen LogP contribution in [0.2, 0.25) is 0 Å². The molecule has 0 radical (unpaired) electrons. The van der Waals surface area contributed by atoms with Crippen molar-refractivity contribution in [1.82, 2.24) is 15.2 Å². The number of hydrogen-bond donors (Lipinski definition) is 1. The van der Waals surface area contributed by atoms with E-state index in [1.54, 1.807) is 11.3 Å². The zero-order chi connectivity index (χ0) is 12.4. The lowest BCUT2D eigenvalue weighted by molar-refractivity contribution is 0.0274. The van der Waals surface area contributed by atoms with Crippen LogP contribution < -0.4 is 5.32 Å². The number of likely N-dealkylation sites (tertiary alicyclic amines) is 1. The number of thiazole rings is 1. The topological polar surface area (TPSA) is 37.4 Å². The van der Waals surface area contributed by atoms with Gasteiger partial charge < -0.3 is 15.0 Å². The van der Waals surface area contributed by atoms with Gasteiger partial charge in [0.05, 0.1) is 12.3 Å². The third-order valence-corrected chi connectivity index (χ3v) is 4.74. The van der Waals surface area contributed by atoms with E-state index in [0.29, 0.717) is 5.92 Å². The molecule has 0 saturated carbocycles. The summed E-state index contributed by atoms with van der Waals surface area (Å²) in [6.45, 7) is 5.03. The van der Waals surface area contributed by atoms with Crippen molar-refractivity contribution in [3.63, 3.8) is 0 Å². The summed E-state index contributed by atoms with van der Waals surface area (Å²) in [6, 6.07) is 0. The van der Waals surface area contributed by atoms with Crippen LogP contribution in [-0.4, -0.2) is 49.7 Å². The summed E-state index contributed by atoms with van der Waals surface area (Å²) >= 11 is 1.76. The molecule has 2 saturated heterocycles. The Bertz CT molecular complexity index is 389. The van der Waals surface area contributed by atoms with E-state index in [1.165, 1.54) is 25.1 Å². The van der Waals surface area contributed by atoms with E-state index < -0.39 is 0 Å². The summed E-state index contributed by atoms with van der Waals surface area (Å²) in [4.78, 5) is 7.23. The van der Waals surface area contributed by atoms with Gasteiger partial charge in [0.2, 0.25) is 0 Å². The van der Waals surface area contributed by atoms with Crippen molar-refractivity contribution in [2.75, 3.05) is 39.8 Å². The molecule has 1 N–H and O–H groups in total. The molecule has 0 spiro atoms. The lowest BCUT2D eigenvalue weighted by Gasteiger charge is -2.28. The van der Waals surface area contributed by atoms with E-state index in [4.69, 9.17) is 9.72 Å². The number of nitrogens with zero attached hydrogens (tertiary/aromatic N) is 2. The molecule has 4 nitrogen and oxygen atoms in total. The maximum atomic E-state index is 5.76. The van der Waals surface area contributed by atoms with Crippen molar-refractivity contribution < 1.29 is 4.74 Å². The second-order valence-corrected chi connectivity index (χ2v) is 6.17. The summed E-state index contributed by atoms with van der Waals surface area (Å²) in [5.41, 5.74) is 1.27. The average Bonchev–Trinajstić information content (AvgIpc) is 2.89. The van der Waals surface area contributed by atoms with Crippen LogP contribution in [0.5, 0.6) is 0 Å². The van der Waals surface area contributed by atoms with Crippen LogP contribution in [0.25, 0.3) is 0 Å². The van der Waals surface area contributed by atoms with Gasteiger partial charge in [-0.2, -0.15) is 0 Å². The van der Waals surface area contributed by atoms with E-state index in [9.17, 15) is 0 Å². The van der Waals surface area contributed by atoms with E-state index in [0.717, 1.165) is 31.2 Å². The van der Waals surface area contributed by atoms with Crippen molar-refractivity contribution in [1.29, 1.82) is 0 Å². The van der Waals surface area contributed by atoms with Gasteiger partial charge in [-0.05, 0) is 26.4 Å². The predicted octanol–water partition coefficient (Wildman–Crippen LogP) is 1.61. The molecule has 18 heavy (non-hydrogen) atoms. The largest absolute Gasteiger partial charge is 0.368 e. The molecule has 0 amide bonds. The second-order valence-electron chi connectivity index (χ2n) is 5.28. The highest BCUT2D eigenvalue weighted by Crippen LogP contribution is 2.30. The van der Waals surface area contributed by atoms with Gasteiger partial charge in [0.25, 0.3) is 0 Å². The van der Waals surface area contributed by atoms with Crippen LogP contribution in [0.15, 0.2) is 5.38 Å². The number of rotatable bonds is 2. The third kappa shape index (κ3) is 2.74. The van der Waals surface area contributed by atoms with Gasteiger partial charge in [0.1, 0.15) is 11.1 Å². The number of piperidine rings is 1. The van der Waals surface area contributed by atoms with Gasteiger partial charge in [0.15, 0.2) is 0 Å². The molecule has 1 aromatic heterocycles. The Labute approximate surface area is 112 Å². The number of hydrogen-bond acceptors (Lipinski definition) is 5. The van der Waals surface area contributed by atoms with Gasteiger partial charge in [0, 0.05) is 30.9 Å². The molecular weight excluding hydrogens is 246 g/mol. The first kappa shape index (κ1) is 12.5. The minimum Gasteiger partial charge on any atom is -0.368 e. The fourth-order valence-electron chi connectivity index (χ4n) is 2.77. The number of morpholine rings is 1. The maximum Gasteiger partial charge on any atom is 0.123 e. The number of nitrogens with one attached hydrogen (secondary N) is 1. The number of ether oxygens (including phenoxy) is 1. The first-order chi connectivity index (χ1) is 8.83. The molecule has 0 bridgehead atoms. The Morgan fingerprint density at radius 2 is 2.50 bits per heavy atom. The first-order valence-corrected chi connectivity index (χ1v) is 7.67. The normalized spacial score (nSPS) is 30.5. The minimum absolute atomic E-state index is 0.166. The molecule has 2 aliphatic heterocycles. The van der Waals surface area contributed by atoms with Crippen molar-refractivity contribution in [2.45, 2.75) is 24.9 Å².